The van der Waals surface area contributed by atoms with Gasteiger partial charge >= 0.3 is 0 Å². The first-order valence-electron chi connectivity index (χ1n) is 5.43. The number of carbonyl (C=O) groups excluding carboxylic acids is 1. The van der Waals surface area contributed by atoms with Crippen LogP contribution in [0.25, 0.3) is 0 Å². The maximum atomic E-state index is 11.7. The molecule has 4 heteroatoms. The Balaban J connectivity index is 2.36. The Labute approximate surface area is 94.4 Å². The molecule has 1 aliphatic rings. The number of anilines is 1. The van der Waals surface area contributed by atoms with Crippen molar-refractivity contribution in [3.05, 3.63) is 23.8 Å². The number of carbonyl (C=O) groups is 1. The molecule has 16 heavy (non-hydrogen) atoms. The fraction of sp³-hybridized carbons (Fsp3) is 0.417. The predicted octanol–water partition coefficient (Wildman–Crippen LogP) is 1.31. The Morgan fingerprint density at radius 2 is 2.31 bits per heavy atom. The van der Waals surface area contributed by atoms with Crippen LogP contribution in [0.3, 0.4) is 0 Å². The van der Waals surface area contributed by atoms with Crippen LogP contribution in [-0.2, 0) is 11.4 Å². The van der Waals surface area contributed by atoms with Gasteiger partial charge in [-0.05, 0) is 24.1 Å². The molecule has 0 atom stereocenters. The molecule has 1 aromatic carbocycles. The van der Waals surface area contributed by atoms with Crippen molar-refractivity contribution in [1.82, 2.24) is 0 Å². The van der Waals surface area contributed by atoms with Gasteiger partial charge in [-0.15, -0.1) is 0 Å². The molecule has 1 amide bonds. The van der Waals surface area contributed by atoms with Gasteiger partial charge in [0.15, 0.2) is 6.61 Å². The Bertz CT molecular complexity index is 403. The lowest BCUT2D eigenvalue weighted by molar-refractivity contribution is -0.121. The summed E-state index contributed by atoms with van der Waals surface area (Å²) >= 11 is 0. The van der Waals surface area contributed by atoms with Gasteiger partial charge in [0.05, 0.1) is 12.3 Å². The molecule has 0 fully saturated rings. The standard InChI is InChI=1S/C12H15NO3/c1-2-5-13-10-4-3-9(7-14)6-11(10)16-8-12(13)15/h3-4,6,14H,2,5,7-8H2,1H3. The number of ether oxygens (including phenoxy) is 1. The molecule has 86 valence electrons. The summed E-state index contributed by atoms with van der Waals surface area (Å²) in [6, 6.07) is 5.42. The molecule has 0 aromatic heterocycles. The topological polar surface area (TPSA) is 49.8 Å². The van der Waals surface area contributed by atoms with E-state index in [1.807, 2.05) is 19.1 Å². The number of aliphatic hydroxyl groups is 1. The molecule has 1 aliphatic heterocycles. The minimum absolute atomic E-state index is 0.00824. The molecule has 1 aromatic rings. The van der Waals surface area contributed by atoms with E-state index in [1.165, 1.54) is 0 Å². The molecule has 0 aliphatic carbocycles. The van der Waals surface area contributed by atoms with E-state index >= 15 is 0 Å². The Kier molecular flexibility index (Phi) is 3.10. The highest BCUT2D eigenvalue weighted by molar-refractivity contribution is 5.97. The number of aliphatic hydroxyl groups excluding tert-OH is 1. The predicted molar refractivity (Wildman–Crippen MR) is 60.5 cm³/mol. The average molecular weight is 221 g/mol. The third-order valence-corrected chi connectivity index (χ3v) is 2.60. The molecule has 0 bridgehead atoms. The molecule has 0 saturated heterocycles. The van der Waals surface area contributed by atoms with Crippen molar-refractivity contribution in [1.29, 1.82) is 0 Å². The summed E-state index contributed by atoms with van der Waals surface area (Å²) in [6.07, 6.45) is 0.910. The maximum Gasteiger partial charge on any atom is 0.265 e. The van der Waals surface area contributed by atoms with Crippen LogP contribution in [0, 0.1) is 0 Å². The number of fused-ring (bicyclic) bond motifs is 1. The molecule has 0 unspecified atom stereocenters. The van der Waals surface area contributed by atoms with E-state index in [9.17, 15) is 4.79 Å². The number of rotatable bonds is 3. The number of benzene rings is 1. The summed E-state index contributed by atoms with van der Waals surface area (Å²) in [6.45, 7) is 2.80. The Morgan fingerprint density at radius 3 is 3.00 bits per heavy atom. The van der Waals surface area contributed by atoms with E-state index in [-0.39, 0.29) is 19.1 Å². The second-order valence-electron chi connectivity index (χ2n) is 3.79. The van der Waals surface area contributed by atoms with Crippen LogP contribution >= 0.6 is 0 Å². The molecule has 0 spiro atoms. The number of amides is 1. The Morgan fingerprint density at radius 1 is 1.50 bits per heavy atom. The summed E-state index contributed by atoms with van der Waals surface area (Å²) in [5.41, 5.74) is 1.60. The van der Waals surface area contributed by atoms with Crippen LogP contribution in [-0.4, -0.2) is 24.2 Å². The van der Waals surface area contributed by atoms with E-state index in [0.29, 0.717) is 12.3 Å². The molecule has 0 saturated carbocycles. The summed E-state index contributed by atoms with van der Waals surface area (Å²) in [5.74, 6) is 0.672. The lowest BCUT2D eigenvalue weighted by atomic mass is 10.1. The van der Waals surface area contributed by atoms with E-state index < -0.39 is 0 Å². The van der Waals surface area contributed by atoms with Gasteiger partial charge in [0.1, 0.15) is 5.75 Å². The summed E-state index contributed by atoms with van der Waals surface area (Å²) in [7, 11) is 0. The van der Waals surface area contributed by atoms with Crippen molar-refractivity contribution in [2.75, 3.05) is 18.1 Å². The van der Waals surface area contributed by atoms with Gasteiger partial charge in [-0.2, -0.15) is 0 Å². The SMILES string of the molecule is CCCN1C(=O)COc2cc(CO)ccc21. The summed E-state index contributed by atoms with van der Waals surface area (Å²) in [4.78, 5) is 13.4. The van der Waals surface area contributed by atoms with E-state index in [1.54, 1.807) is 11.0 Å². The molecular weight excluding hydrogens is 206 g/mol. The number of hydrogen-bond acceptors (Lipinski definition) is 3. The zero-order valence-electron chi connectivity index (χ0n) is 9.27. The van der Waals surface area contributed by atoms with Gasteiger partial charge in [0, 0.05) is 6.54 Å². The van der Waals surface area contributed by atoms with Gasteiger partial charge in [-0.3, -0.25) is 4.79 Å². The lowest BCUT2D eigenvalue weighted by Gasteiger charge is -2.29. The third kappa shape index (κ3) is 1.88. The summed E-state index contributed by atoms with van der Waals surface area (Å²) < 4.78 is 5.35. The molecule has 4 nitrogen and oxygen atoms in total. The van der Waals surface area contributed by atoms with Crippen LogP contribution in [0.15, 0.2) is 18.2 Å². The average Bonchev–Trinajstić information content (AvgIpc) is 2.32. The van der Waals surface area contributed by atoms with Gasteiger partial charge in [0.25, 0.3) is 5.91 Å². The van der Waals surface area contributed by atoms with Crippen molar-refractivity contribution >= 4 is 11.6 Å². The maximum absolute atomic E-state index is 11.7. The van der Waals surface area contributed by atoms with Crippen LogP contribution in [0.2, 0.25) is 0 Å². The van der Waals surface area contributed by atoms with Crippen molar-refractivity contribution in [3.63, 3.8) is 0 Å². The van der Waals surface area contributed by atoms with Gasteiger partial charge in [-0.1, -0.05) is 13.0 Å². The molecular formula is C12H15NO3. The van der Waals surface area contributed by atoms with Crippen LogP contribution in [0.1, 0.15) is 18.9 Å². The van der Waals surface area contributed by atoms with E-state index in [4.69, 9.17) is 9.84 Å². The molecule has 0 radical (unpaired) electrons. The quantitative estimate of drug-likeness (QED) is 0.837. The summed E-state index contributed by atoms with van der Waals surface area (Å²) in [5, 5.41) is 9.02. The van der Waals surface area contributed by atoms with Crippen molar-refractivity contribution in [2.45, 2.75) is 20.0 Å². The zero-order valence-corrected chi connectivity index (χ0v) is 9.27. The molecule has 1 heterocycles. The van der Waals surface area contributed by atoms with Crippen LogP contribution < -0.4 is 9.64 Å². The smallest absolute Gasteiger partial charge is 0.265 e. The van der Waals surface area contributed by atoms with Gasteiger partial charge in [-0.25, -0.2) is 0 Å². The highest BCUT2D eigenvalue weighted by Gasteiger charge is 2.24. The van der Waals surface area contributed by atoms with Crippen molar-refractivity contribution in [3.8, 4) is 5.75 Å². The molecule has 1 N–H and O–H groups in total. The highest BCUT2D eigenvalue weighted by atomic mass is 16.5. The van der Waals surface area contributed by atoms with Crippen molar-refractivity contribution < 1.29 is 14.6 Å². The van der Waals surface area contributed by atoms with Crippen LogP contribution in [0.5, 0.6) is 5.75 Å². The zero-order chi connectivity index (χ0) is 11.5. The fourth-order valence-corrected chi connectivity index (χ4v) is 1.82. The monoisotopic (exact) mass is 221 g/mol. The van der Waals surface area contributed by atoms with E-state index in [0.717, 1.165) is 17.7 Å². The minimum atomic E-state index is -0.0155. The van der Waals surface area contributed by atoms with Gasteiger partial charge < -0.3 is 14.7 Å². The lowest BCUT2D eigenvalue weighted by Crippen LogP contribution is -2.39. The Hall–Kier alpha value is -1.55. The minimum Gasteiger partial charge on any atom is -0.482 e. The highest BCUT2D eigenvalue weighted by Crippen LogP contribution is 2.32. The molecule has 2 rings (SSSR count). The third-order valence-electron chi connectivity index (χ3n) is 2.60. The van der Waals surface area contributed by atoms with Crippen LogP contribution in [0.4, 0.5) is 5.69 Å². The normalized spacial score (nSPS) is 14.6. The van der Waals surface area contributed by atoms with Gasteiger partial charge in [0.2, 0.25) is 0 Å². The first-order chi connectivity index (χ1) is 7.76. The number of hydrogen-bond donors (Lipinski definition) is 1. The first kappa shape index (κ1) is 11.0. The first-order valence-corrected chi connectivity index (χ1v) is 5.43. The van der Waals surface area contributed by atoms with E-state index in [2.05, 4.69) is 0 Å². The number of nitrogens with zero attached hydrogens (tertiary/aromatic N) is 1. The largest absolute Gasteiger partial charge is 0.482 e. The second kappa shape index (κ2) is 4.53. The second-order valence-corrected chi connectivity index (χ2v) is 3.79. The fourth-order valence-electron chi connectivity index (χ4n) is 1.82. The van der Waals surface area contributed by atoms with Crippen molar-refractivity contribution in [2.24, 2.45) is 0 Å².